The van der Waals surface area contributed by atoms with E-state index in [1.807, 2.05) is 54.6 Å². The lowest BCUT2D eigenvalue weighted by Crippen LogP contribution is -2.40. The summed E-state index contributed by atoms with van der Waals surface area (Å²) in [5, 5.41) is 10.1. The van der Waals surface area contributed by atoms with Gasteiger partial charge in [0.1, 0.15) is 18.5 Å². The first-order valence-corrected chi connectivity index (χ1v) is 7.31. The van der Waals surface area contributed by atoms with Gasteiger partial charge in [0.25, 0.3) is 0 Å². The normalized spacial score (nSPS) is 13.8. The predicted molar refractivity (Wildman–Crippen MR) is 83.8 cm³/mol. The molecule has 106 valence electrons. The third kappa shape index (κ3) is 4.34. The number of nitrogens with two attached hydrogens (primary N) is 1. The average Bonchev–Trinajstić information content (AvgIpc) is 2.47. The highest BCUT2D eigenvalue weighted by Crippen LogP contribution is 2.23. The molecule has 2 aromatic rings. The average molecular weight is 336 g/mol. The highest BCUT2D eigenvalue weighted by atomic mass is 79.9. The topological polar surface area (TPSA) is 55.5 Å². The van der Waals surface area contributed by atoms with Crippen LogP contribution in [0.25, 0.3) is 0 Å². The fraction of sp³-hybridized carbons (Fsp3) is 0.250. The molecule has 0 aliphatic carbocycles. The van der Waals surface area contributed by atoms with Gasteiger partial charge < -0.3 is 15.6 Å². The largest absolute Gasteiger partial charge is 0.490 e. The Morgan fingerprint density at radius 1 is 1.05 bits per heavy atom. The number of aliphatic hydroxyl groups excluding tert-OH is 1. The van der Waals surface area contributed by atoms with E-state index in [-0.39, 0.29) is 12.6 Å². The van der Waals surface area contributed by atoms with E-state index in [0.29, 0.717) is 12.2 Å². The van der Waals surface area contributed by atoms with Crippen LogP contribution in [0.5, 0.6) is 5.75 Å². The standard InChI is InChI=1S/C16H18BrNO2/c17-13-8-4-5-9-16(13)20-11-15(19)14(18)10-12-6-2-1-3-7-12/h1-9,14-15,19H,10-11,18H2. The molecule has 0 aromatic heterocycles. The summed E-state index contributed by atoms with van der Waals surface area (Å²) >= 11 is 3.40. The molecule has 0 fully saturated rings. The molecule has 0 amide bonds. The highest BCUT2D eigenvalue weighted by molar-refractivity contribution is 9.10. The van der Waals surface area contributed by atoms with Gasteiger partial charge in [-0.05, 0) is 40.0 Å². The fourth-order valence-electron chi connectivity index (χ4n) is 1.88. The van der Waals surface area contributed by atoms with E-state index in [4.69, 9.17) is 10.5 Å². The molecule has 0 heterocycles. The highest BCUT2D eigenvalue weighted by Gasteiger charge is 2.16. The SMILES string of the molecule is NC(Cc1ccccc1)C(O)COc1ccccc1Br. The molecule has 0 spiro atoms. The molecular weight excluding hydrogens is 318 g/mol. The Hall–Kier alpha value is -1.36. The van der Waals surface area contributed by atoms with Gasteiger partial charge in [0.15, 0.2) is 0 Å². The second-order valence-corrected chi connectivity index (χ2v) is 5.52. The maximum atomic E-state index is 10.1. The molecule has 2 aromatic carbocycles. The molecule has 0 radical (unpaired) electrons. The van der Waals surface area contributed by atoms with Gasteiger partial charge in [-0.2, -0.15) is 0 Å². The Kier molecular flexibility index (Phi) is 5.59. The number of halogens is 1. The number of para-hydroxylation sites is 1. The first-order valence-electron chi connectivity index (χ1n) is 6.51. The van der Waals surface area contributed by atoms with Crippen LogP contribution in [0.3, 0.4) is 0 Å². The zero-order valence-electron chi connectivity index (χ0n) is 11.1. The van der Waals surface area contributed by atoms with Crippen LogP contribution < -0.4 is 10.5 Å². The molecule has 2 atom stereocenters. The lowest BCUT2D eigenvalue weighted by atomic mass is 10.0. The van der Waals surface area contributed by atoms with Crippen LogP contribution >= 0.6 is 15.9 Å². The first kappa shape index (κ1) is 15.0. The van der Waals surface area contributed by atoms with E-state index in [1.54, 1.807) is 0 Å². The van der Waals surface area contributed by atoms with Crippen molar-refractivity contribution in [2.45, 2.75) is 18.6 Å². The Balaban J connectivity index is 1.85. The van der Waals surface area contributed by atoms with Crippen LogP contribution in [0.4, 0.5) is 0 Å². The summed E-state index contributed by atoms with van der Waals surface area (Å²) in [6.45, 7) is 0.177. The summed E-state index contributed by atoms with van der Waals surface area (Å²) in [4.78, 5) is 0. The minimum Gasteiger partial charge on any atom is -0.490 e. The van der Waals surface area contributed by atoms with Crippen molar-refractivity contribution < 1.29 is 9.84 Å². The zero-order chi connectivity index (χ0) is 14.4. The van der Waals surface area contributed by atoms with Gasteiger partial charge >= 0.3 is 0 Å². The first-order chi connectivity index (χ1) is 9.66. The molecule has 2 unspecified atom stereocenters. The van der Waals surface area contributed by atoms with Gasteiger partial charge in [-0.1, -0.05) is 42.5 Å². The van der Waals surface area contributed by atoms with Crippen LogP contribution in [-0.2, 0) is 6.42 Å². The number of hydrogen-bond acceptors (Lipinski definition) is 3. The van der Waals surface area contributed by atoms with Crippen molar-refractivity contribution in [3.8, 4) is 5.75 Å². The Morgan fingerprint density at radius 2 is 1.70 bits per heavy atom. The lowest BCUT2D eigenvalue weighted by Gasteiger charge is -2.19. The van der Waals surface area contributed by atoms with Gasteiger partial charge in [-0.15, -0.1) is 0 Å². The fourth-order valence-corrected chi connectivity index (χ4v) is 2.28. The molecule has 4 heteroatoms. The number of ether oxygens (including phenoxy) is 1. The third-order valence-corrected chi connectivity index (χ3v) is 3.71. The molecule has 0 aliphatic heterocycles. The molecule has 0 aliphatic rings. The van der Waals surface area contributed by atoms with Crippen LogP contribution in [-0.4, -0.2) is 23.9 Å². The maximum Gasteiger partial charge on any atom is 0.133 e. The van der Waals surface area contributed by atoms with Crippen LogP contribution in [0, 0.1) is 0 Å². The van der Waals surface area contributed by atoms with Gasteiger partial charge in [0.05, 0.1) is 4.47 Å². The summed E-state index contributed by atoms with van der Waals surface area (Å²) in [6, 6.07) is 17.1. The Bertz CT molecular complexity index is 533. The molecule has 20 heavy (non-hydrogen) atoms. The summed E-state index contributed by atoms with van der Waals surface area (Å²) in [5.74, 6) is 0.707. The molecule has 0 bridgehead atoms. The predicted octanol–water partition coefficient (Wildman–Crippen LogP) is 2.76. The number of aliphatic hydroxyl groups is 1. The smallest absolute Gasteiger partial charge is 0.133 e. The van der Waals surface area contributed by atoms with E-state index in [1.165, 1.54) is 0 Å². The maximum absolute atomic E-state index is 10.1. The van der Waals surface area contributed by atoms with Gasteiger partial charge in [0, 0.05) is 6.04 Å². The van der Waals surface area contributed by atoms with E-state index in [0.717, 1.165) is 10.0 Å². The number of rotatable bonds is 6. The van der Waals surface area contributed by atoms with Crippen LogP contribution in [0.2, 0.25) is 0 Å². The van der Waals surface area contributed by atoms with Gasteiger partial charge in [-0.25, -0.2) is 0 Å². The van der Waals surface area contributed by atoms with E-state index >= 15 is 0 Å². The Labute approximate surface area is 127 Å². The number of benzene rings is 2. The van der Waals surface area contributed by atoms with E-state index < -0.39 is 6.10 Å². The summed E-state index contributed by atoms with van der Waals surface area (Å²) in [6.07, 6.45) is -0.0799. The van der Waals surface area contributed by atoms with Crippen molar-refractivity contribution in [1.82, 2.24) is 0 Å². The molecular formula is C16H18BrNO2. The quantitative estimate of drug-likeness (QED) is 0.853. The van der Waals surface area contributed by atoms with Crippen LogP contribution in [0.15, 0.2) is 59.1 Å². The number of hydrogen-bond donors (Lipinski definition) is 2. The minimum absolute atomic E-state index is 0.177. The van der Waals surface area contributed by atoms with Crippen LogP contribution in [0.1, 0.15) is 5.56 Å². The van der Waals surface area contributed by atoms with Crippen molar-refractivity contribution in [2.75, 3.05) is 6.61 Å². The minimum atomic E-state index is -0.706. The third-order valence-electron chi connectivity index (χ3n) is 3.05. The van der Waals surface area contributed by atoms with Gasteiger partial charge in [-0.3, -0.25) is 0 Å². The van der Waals surface area contributed by atoms with Crippen molar-refractivity contribution >= 4 is 15.9 Å². The van der Waals surface area contributed by atoms with Crippen molar-refractivity contribution in [3.63, 3.8) is 0 Å². The lowest BCUT2D eigenvalue weighted by molar-refractivity contribution is 0.0848. The Morgan fingerprint density at radius 3 is 2.40 bits per heavy atom. The monoisotopic (exact) mass is 335 g/mol. The van der Waals surface area contributed by atoms with E-state index in [9.17, 15) is 5.11 Å². The molecule has 3 nitrogen and oxygen atoms in total. The van der Waals surface area contributed by atoms with Crippen molar-refractivity contribution in [2.24, 2.45) is 5.73 Å². The summed E-state index contributed by atoms with van der Waals surface area (Å²) in [5.41, 5.74) is 7.12. The second-order valence-electron chi connectivity index (χ2n) is 4.66. The molecule has 0 saturated heterocycles. The summed E-state index contributed by atoms with van der Waals surface area (Å²) in [7, 11) is 0. The van der Waals surface area contributed by atoms with E-state index in [2.05, 4.69) is 15.9 Å². The zero-order valence-corrected chi connectivity index (χ0v) is 12.7. The summed E-state index contributed by atoms with van der Waals surface area (Å²) < 4.78 is 6.45. The molecule has 0 saturated carbocycles. The van der Waals surface area contributed by atoms with Gasteiger partial charge in [0.2, 0.25) is 0 Å². The molecule has 2 rings (SSSR count). The van der Waals surface area contributed by atoms with Crippen molar-refractivity contribution in [1.29, 1.82) is 0 Å². The van der Waals surface area contributed by atoms with Crippen molar-refractivity contribution in [3.05, 3.63) is 64.6 Å². The molecule has 3 N–H and O–H groups in total. The second kappa shape index (κ2) is 7.43.